The highest BCUT2D eigenvalue weighted by Crippen LogP contribution is 2.22. The second-order valence-electron chi connectivity index (χ2n) is 6.55. The van der Waals surface area contributed by atoms with Crippen molar-refractivity contribution in [3.05, 3.63) is 90.0 Å². The molecule has 0 atom stereocenters. The van der Waals surface area contributed by atoms with Crippen molar-refractivity contribution in [3.8, 4) is 11.4 Å². The van der Waals surface area contributed by atoms with Gasteiger partial charge in [0, 0.05) is 5.69 Å². The first-order valence-electron chi connectivity index (χ1n) is 9.31. The van der Waals surface area contributed by atoms with Gasteiger partial charge in [0.25, 0.3) is 0 Å². The Morgan fingerprint density at radius 1 is 0.967 bits per heavy atom. The number of rotatable bonds is 7. The van der Waals surface area contributed by atoms with Gasteiger partial charge in [0.2, 0.25) is 11.1 Å². The molecule has 150 valence electrons. The fourth-order valence-corrected chi connectivity index (χ4v) is 3.64. The Balaban J connectivity index is 1.41. The van der Waals surface area contributed by atoms with E-state index < -0.39 is 0 Å². The molecule has 4 aromatic rings. The molecule has 0 saturated carbocycles. The van der Waals surface area contributed by atoms with Gasteiger partial charge in [-0.1, -0.05) is 60.3 Å². The van der Waals surface area contributed by atoms with Gasteiger partial charge >= 0.3 is 0 Å². The summed E-state index contributed by atoms with van der Waals surface area (Å²) in [5.74, 6) is 0.188. The maximum atomic E-state index is 12.6. The molecule has 7 nitrogen and oxygen atoms in total. The van der Waals surface area contributed by atoms with Crippen LogP contribution in [0.2, 0.25) is 0 Å². The molecule has 0 saturated heterocycles. The van der Waals surface area contributed by atoms with Crippen molar-refractivity contribution in [1.29, 1.82) is 0 Å². The van der Waals surface area contributed by atoms with Crippen LogP contribution in [0, 0.1) is 0 Å². The van der Waals surface area contributed by atoms with Crippen molar-refractivity contribution in [1.82, 2.24) is 20.2 Å². The van der Waals surface area contributed by atoms with E-state index in [0.29, 0.717) is 10.8 Å². The predicted octanol–water partition coefficient (Wildman–Crippen LogP) is 3.69. The molecular weight excluding hydrogens is 398 g/mol. The highest BCUT2D eigenvalue weighted by atomic mass is 32.2. The Morgan fingerprint density at radius 3 is 2.50 bits per heavy atom. The molecule has 30 heavy (non-hydrogen) atoms. The Morgan fingerprint density at radius 2 is 1.70 bits per heavy atom. The number of para-hydroxylation sites is 1. The van der Waals surface area contributed by atoms with Crippen LogP contribution in [0.25, 0.3) is 5.69 Å². The number of hydrogen-bond acceptors (Lipinski definition) is 6. The Kier molecular flexibility index (Phi) is 6.05. The number of phenolic OH excluding ortho intramolecular Hbond substituents is 1. The van der Waals surface area contributed by atoms with Crippen molar-refractivity contribution < 1.29 is 9.90 Å². The SMILES string of the molecule is O=C(CSc1nnnn1-c1ccc(O)cc1)Nc1ccccc1Cc1ccccc1. The quantitative estimate of drug-likeness (QED) is 0.446. The summed E-state index contributed by atoms with van der Waals surface area (Å²) in [6, 6.07) is 24.4. The van der Waals surface area contributed by atoms with Crippen molar-refractivity contribution in [2.75, 3.05) is 11.1 Å². The molecule has 4 rings (SSSR count). The highest BCUT2D eigenvalue weighted by molar-refractivity contribution is 7.99. The number of thioether (sulfide) groups is 1. The number of carbonyl (C=O) groups is 1. The van der Waals surface area contributed by atoms with Gasteiger partial charge in [-0.3, -0.25) is 4.79 Å². The molecule has 0 radical (unpaired) electrons. The van der Waals surface area contributed by atoms with Gasteiger partial charge in [0.05, 0.1) is 11.4 Å². The second-order valence-corrected chi connectivity index (χ2v) is 7.49. The lowest BCUT2D eigenvalue weighted by molar-refractivity contribution is -0.113. The van der Waals surface area contributed by atoms with E-state index in [-0.39, 0.29) is 17.4 Å². The molecule has 1 heterocycles. The first kappa shape index (κ1) is 19.7. The largest absolute Gasteiger partial charge is 0.508 e. The van der Waals surface area contributed by atoms with Gasteiger partial charge in [-0.2, -0.15) is 4.68 Å². The van der Waals surface area contributed by atoms with Crippen LogP contribution in [-0.4, -0.2) is 37.0 Å². The zero-order valence-electron chi connectivity index (χ0n) is 16.0. The summed E-state index contributed by atoms with van der Waals surface area (Å²) < 4.78 is 1.53. The first-order valence-corrected chi connectivity index (χ1v) is 10.3. The third kappa shape index (κ3) is 4.84. The maximum Gasteiger partial charge on any atom is 0.234 e. The van der Waals surface area contributed by atoms with Crippen LogP contribution >= 0.6 is 11.8 Å². The summed E-state index contributed by atoms with van der Waals surface area (Å²) in [4.78, 5) is 12.6. The minimum absolute atomic E-state index is 0.138. The monoisotopic (exact) mass is 417 g/mol. The summed E-state index contributed by atoms with van der Waals surface area (Å²) in [5, 5.41) is 24.6. The summed E-state index contributed by atoms with van der Waals surface area (Å²) in [6.07, 6.45) is 0.740. The molecule has 0 fully saturated rings. The van der Waals surface area contributed by atoms with E-state index in [0.717, 1.165) is 17.7 Å². The van der Waals surface area contributed by atoms with Crippen molar-refractivity contribution in [2.24, 2.45) is 0 Å². The zero-order chi connectivity index (χ0) is 20.8. The number of benzene rings is 3. The number of phenols is 1. The number of aromatic hydroxyl groups is 1. The van der Waals surface area contributed by atoms with E-state index in [1.165, 1.54) is 22.0 Å². The molecular formula is C22H19N5O2S. The van der Waals surface area contributed by atoms with Crippen molar-refractivity contribution in [2.45, 2.75) is 11.6 Å². The average Bonchev–Trinajstić information content (AvgIpc) is 3.24. The molecule has 0 aliphatic heterocycles. The molecule has 1 aromatic heterocycles. The van der Waals surface area contributed by atoms with Gasteiger partial charge in [-0.15, -0.1) is 5.10 Å². The fourth-order valence-electron chi connectivity index (χ4n) is 2.95. The van der Waals surface area contributed by atoms with Crippen LogP contribution in [0.5, 0.6) is 5.75 Å². The van der Waals surface area contributed by atoms with Gasteiger partial charge in [-0.05, 0) is 58.3 Å². The first-order chi connectivity index (χ1) is 14.7. The number of anilines is 1. The fraction of sp³-hybridized carbons (Fsp3) is 0.0909. The Labute approximate surface area is 177 Å². The minimum Gasteiger partial charge on any atom is -0.508 e. The van der Waals surface area contributed by atoms with Crippen molar-refractivity contribution >= 4 is 23.4 Å². The molecule has 0 unspecified atom stereocenters. The lowest BCUT2D eigenvalue weighted by Gasteiger charge is -2.11. The number of tetrazole rings is 1. The van der Waals surface area contributed by atoms with Gasteiger partial charge in [0.15, 0.2) is 0 Å². The third-order valence-electron chi connectivity index (χ3n) is 4.40. The average molecular weight is 417 g/mol. The topological polar surface area (TPSA) is 92.9 Å². The molecule has 0 spiro atoms. The molecule has 2 N–H and O–H groups in total. The van der Waals surface area contributed by atoms with Crippen LogP contribution in [0.15, 0.2) is 84.0 Å². The van der Waals surface area contributed by atoms with Crippen LogP contribution in [0.4, 0.5) is 5.69 Å². The molecule has 3 aromatic carbocycles. The van der Waals surface area contributed by atoms with Crippen LogP contribution < -0.4 is 5.32 Å². The normalized spacial score (nSPS) is 10.7. The number of nitrogens with zero attached hydrogens (tertiary/aromatic N) is 4. The maximum absolute atomic E-state index is 12.6. The summed E-state index contributed by atoms with van der Waals surface area (Å²) in [6.45, 7) is 0. The Bertz CT molecular complexity index is 1130. The van der Waals surface area contributed by atoms with Gasteiger partial charge in [0.1, 0.15) is 5.75 Å². The number of hydrogen-bond donors (Lipinski definition) is 2. The molecule has 0 aliphatic carbocycles. The van der Waals surface area contributed by atoms with E-state index in [4.69, 9.17) is 0 Å². The molecule has 1 amide bonds. The van der Waals surface area contributed by atoms with Gasteiger partial charge < -0.3 is 10.4 Å². The molecule has 0 bridgehead atoms. The highest BCUT2D eigenvalue weighted by Gasteiger charge is 2.13. The summed E-state index contributed by atoms with van der Waals surface area (Å²) in [5.41, 5.74) is 3.73. The second kappa shape index (κ2) is 9.23. The van der Waals surface area contributed by atoms with E-state index in [1.807, 2.05) is 42.5 Å². The minimum atomic E-state index is -0.138. The predicted molar refractivity (Wildman–Crippen MR) is 116 cm³/mol. The van der Waals surface area contributed by atoms with Crippen LogP contribution in [0.3, 0.4) is 0 Å². The molecule has 8 heteroatoms. The third-order valence-corrected chi connectivity index (χ3v) is 5.32. The summed E-state index contributed by atoms with van der Waals surface area (Å²) in [7, 11) is 0. The van der Waals surface area contributed by atoms with Crippen LogP contribution in [-0.2, 0) is 11.2 Å². The smallest absolute Gasteiger partial charge is 0.234 e. The summed E-state index contributed by atoms with van der Waals surface area (Å²) >= 11 is 1.24. The van der Waals surface area contributed by atoms with E-state index >= 15 is 0 Å². The standard InChI is InChI=1S/C22H19N5O2S/c28-19-12-10-18(11-13-19)27-22(24-25-26-27)30-15-21(29)23-20-9-5-4-8-17(20)14-16-6-2-1-3-7-16/h1-13,28H,14-15H2,(H,23,29). The van der Waals surface area contributed by atoms with E-state index in [1.54, 1.807) is 24.3 Å². The van der Waals surface area contributed by atoms with Crippen LogP contribution in [0.1, 0.15) is 11.1 Å². The number of amides is 1. The number of carbonyl (C=O) groups excluding carboxylic acids is 1. The Hall–Kier alpha value is -3.65. The molecule has 0 aliphatic rings. The lowest BCUT2D eigenvalue weighted by atomic mass is 10.0. The number of aromatic nitrogens is 4. The zero-order valence-corrected chi connectivity index (χ0v) is 16.8. The number of nitrogens with one attached hydrogen (secondary N) is 1. The lowest BCUT2D eigenvalue weighted by Crippen LogP contribution is -2.16. The van der Waals surface area contributed by atoms with Crippen molar-refractivity contribution in [3.63, 3.8) is 0 Å². The van der Waals surface area contributed by atoms with E-state index in [9.17, 15) is 9.90 Å². The van der Waals surface area contributed by atoms with Gasteiger partial charge in [-0.25, -0.2) is 0 Å². The van der Waals surface area contributed by atoms with E-state index in [2.05, 4.69) is 33.0 Å².